The monoisotopic (exact) mass is 533 g/mol. The summed E-state index contributed by atoms with van der Waals surface area (Å²) >= 11 is 4.16. The Morgan fingerprint density at radius 3 is 1.55 bits per heavy atom. The zero-order chi connectivity index (χ0) is 26.3. The summed E-state index contributed by atoms with van der Waals surface area (Å²) in [5, 5.41) is 1.67. The molecule has 0 atom stereocenters. The first-order valence-corrected chi connectivity index (χ1v) is 8.07. The van der Waals surface area contributed by atoms with Crippen LogP contribution in [0.1, 0.15) is 0 Å². The predicted molar refractivity (Wildman–Crippen MR) is 82.4 cm³/mol. The Labute approximate surface area is 178 Å². The molecular weight excluding hydrogens is 527 g/mol. The summed E-state index contributed by atoms with van der Waals surface area (Å²) < 4.78 is 201. The van der Waals surface area contributed by atoms with Gasteiger partial charge in [-0.3, -0.25) is 0 Å². The van der Waals surface area contributed by atoms with Gasteiger partial charge in [0.2, 0.25) is 0 Å². The molecule has 0 radical (unpaired) electrons. The maximum absolute atomic E-state index is 13.7. The molecule has 1 aromatic rings. The number of benzene rings is 1. The third-order valence-corrected chi connectivity index (χ3v) is 3.92. The molecule has 0 spiro atoms. The van der Waals surface area contributed by atoms with Gasteiger partial charge < -0.3 is 4.74 Å². The van der Waals surface area contributed by atoms with Crippen molar-refractivity contribution in [1.82, 2.24) is 0 Å². The van der Waals surface area contributed by atoms with E-state index >= 15 is 0 Å². The number of ether oxygens (including phenoxy) is 1. The summed E-state index contributed by atoms with van der Waals surface area (Å²) in [6.07, 6.45) is -7.65. The summed E-state index contributed by atoms with van der Waals surface area (Å²) in [5.74, 6) is -47.9. The summed E-state index contributed by atoms with van der Waals surface area (Å²) in [7, 11) is 0. The van der Waals surface area contributed by atoms with Gasteiger partial charge in [0.05, 0.1) is 5.16 Å². The molecule has 0 aromatic heterocycles. The molecule has 1 aromatic carbocycles. The topological polar surface area (TPSA) is 21.6 Å². The molecule has 0 N–H and O–H groups in total. The van der Waals surface area contributed by atoms with E-state index in [4.69, 9.17) is 0 Å². The number of rotatable bonds is 9. The van der Waals surface area contributed by atoms with Crippen LogP contribution in [-0.2, 0) is 0 Å². The third-order valence-electron chi connectivity index (χ3n) is 3.83. The molecule has 0 aliphatic rings. The first-order valence-electron chi connectivity index (χ1n) is 7.66. The van der Waals surface area contributed by atoms with Crippen molar-refractivity contribution >= 4 is 23.1 Å². The highest BCUT2D eigenvalue weighted by molar-refractivity contribution is 7.78. The molecule has 0 bridgehead atoms. The predicted octanol–water partition coefficient (Wildman–Crippen LogP) is 7.17. The van der Waals surface area contributed by atoms with Crippen LogP contribution in [0.4, 0.5) is 71.5 Å². The minimum Gasteiger partial charge on any atom is -0.485 e. The Kier molecular flexibility index (Phi) is 7.44. The van der Waals surface area contributed by atoms with E-state index in [0.717, 1.165) is 18.2 Å². The normalized spacial score (nSPS) is 14.6. The van der Waals surface area contributed by atoms with Gasteiger partial charge in [-0.25, -0.2) is 0 Å². The van der Waals surface area contributed by atoms with Crippen LogP contribution >= 0.6 is 12.2 Å². The number of thiocarbonyl (C=S) groups is 1. The lowest BCUT2D eigenvalue weighted by molar-refractivity contribution is -0.453. The molecule has 0 fully saturated rings. The number of isothiocyanates is 1. The van der Waals surface area contributed by atoms with Gasteiger partial charge in [0.25, 0.3) is 0 Å². The Balaban J connectivity index is 3.42. The number of halogens is 15. The molecule has 0 unspecified atom stereocenters. The van der Waals surface area contributed by atoms with Crippen LogP contribution in [0.15, 0.2) is 29.3 Å². The largest absolute Gasteiger partial charge is 0.485 e. The van der Waals surface area contributed by atoms with Crippen molar-refractivity contribution < 1.29 is 70.6 Å². The Hall–Kier alpha value is -2.23. The second-order valence-corrected chi connectivity index (χ2v) is 6.22. The van der Waals surface area contributed by atoms with Gasteiger partial charge in [0.15, 0.2) is 6.61 Å². The summed E-state index contributed by atoms with van der Waals surface area (Å²) in [5.41, 5.74) is -0.528. The lowest BCUT2D eigenvalue weighted by Gasteiger charge is -2.41. The molecular formula is C15H6F15NOS. The van der Waals surface area contributed by atoms with E-state index in [1.54, 1.807) is 5.16 Å². The third kappa shape index (κ3) is 4.46. The minimum atomic E-state index is -8.34. The Morgan fingerprint density at radius 2 is 1.09 bits per heavy atom. The van der Waals surface area contributed by atoms with E-state index in [1.165, 1.54) is 0 Å². The van der Waals surface area contributed by atoms with Gasteiger partial charge in [0, 0.05) is 0 Å². The van der Waals surface area contributed by atoms with Crippen molar-refractivity contribution in [3.8, 4) is 5.75 Å². The van der Waals surface area contributed by atoms with Crippen LogP contribution in [0.3, 0.4) is 0 Å². The van der Waals surface area contributed by atoms with Crippen molar-refractivity contribution in [2.75, 3.05) is 6.61 Å². The Morgan fingerprint density at radius 1 is 0.667 bits per heavy atom. The standard InChI is InChI=1S/C15H6F15NOS/c16-9(17,5-32-8-4-2-1-3-7(8)31-6-33)10(18,19)11(20,21)12(22,23)13(24,25)14(26,27)15(28,29)30/h1-4H,5H2. The van der Waals surface area contributed by atoms with Crippen LogP contribution in [0.5, 0.6) is 5.75 Å². The lowest BCUT2D eigenvalue weighted by atomic mass is 9.91. The second-order valence-electron chi connectivity index (χ2n) is 6.03. The number of nitrogens with zero attached hydrogens (tertiary/aromatic N) is 1. The van der Waals surface area contributed by atoms with Gasteiger partial charge in [-0.05, 0) is 24.4 Å². The van der Waals surface area contributed by atoms with Gasteiger partial charge in [-0.2, -0.15) is 70.8 Å². The van der Waals surface area contributed by atoms with Crippen LogP contribution in [0.2, 0.25) is 0 Å². The van der Waals surface area contributed by atoms with Crippen LogP contribution in [0, 0.1) is 0 Å². The molecule has 0 aliphatic heterocycles. The van der Waals surface area contributed by atoms with Crippen LogP contribution in [0.25, 0.3) is 0 Å². The molecule has 0 heterocycles. The first kappa shape index (κ1) is 28.8. The quantitative estimate of drug-likeness (QED) is 0.191. The molecule has 0 aliphatic carbocycles. The summed E-state index contributed by atoms with van der Waals surface area (Å²) in [6.45, 7) is -2.96. The van der Waals surface area contributed by atoms with Crippen molar-refractivity contribution in [3.05, 3.63) is 24.3 Å². The Bertz CT molecular complexity index is 905. The number of aliphatic imine (C=N–C) groups is 1. The average Bonchev–Trinajstić information content (AvgIpc) is 2.66. The number of hydrogen-bond donors (Lipinski definition) is 0. The fourth-order valence-corrected chi connectivity index (χ4v) is 2.08. The molecule has 1 rings (SSSR count). The van der Waals surface area contributed by atoms with Crippen molar-refractivity contribution in [3.63, 3.8) is 0 Å². The van der Waals surface area contributed by atoms with Crippen molar-refractivity contribution in [2.24, 2.45) is 4.99 Å². The SMILES string of the molecule is FC(F)(F)C(F)(F)C(F)(F)C(F)(F)C(F)(F)C(F)(F)C(F)(F)COc1ccccc1N=C=S. The summed E-state index contributed by atoms with van der Waals surface area (Å²) in [4.78, 5) is 3.19. The number of alkyl halides is 15. The molecule has 0 saturated carbocycles. The minimum absolute atomic E-state index is 0.528. The van der Waals surface area contributed by atoms with Crippen LogP contribution in [-0.4, -0.2) is 53.5 Å². The molecule has 188 valence electrons. The van der Waals surface area contributed by atoms with E-state index < -0.39 is 59.8 Å². The molecule has 33 heavy (non-hydrogen) atoms. The van der Waals surface area contributed by atoms with E-state index in [2.05, 4.69) is 21.9 Å². The van der Waals surface area contributed by atoms with Crippen molar-refractivity contribution in [2.45, 2.75) is 41.7 Å². The summed E-state index contributed by atoms with van der Waals surface area (Å²) in [6, 6.07) is 3.75. The fourth-order valence-electron chi connectivity index (χ4n) is 1.98. The van der Waals surface area contributed by atoms with Crippen molar-refractivity contribution in [1.29, 1.82) is 0 Å². The second kappa shape index (κ2) is 8.52. The average molecular weight is 533 g/mol. The first-order chi connectivity index (χ1) is 14.5. The maximum Gasteiger partial charge on any atom is 0.460 e. The zero-order valence-electron chi connectivity index (χ0n) is 14.9. The van der Waals surface area contributed by atoms with Gasteiger partial charge in [-0.15, -0.1) is 0 Å². The van der Waals surface area contributed by atoms with E-state index in [9.17, 15) is 65.9 Å². The molecule has 18 heteroatoms. The molecule has 2 nitrogen and oxygen atoms in total. The zero-order valence-corrected chi connectivity index (χ0v) is 15.8. The van der Waals surface area contributed by atoms with Gasteiger partial charge >= 0.3 is 41.7 Å². The number of hydrogen-bond acceptors (Lipinski definition) is 3. The fraction of sp³-hybridized carbons (Fsp3) is 0.533. The van der Waals surface area contributed by atoms with E-state index in [1.807, 2.05) is 0 Å². The maximum atomic E-state index is 13.7. The van der Waals surface area contributed by atoms with Gasteiger partial charge in [0.1, 0.15) is 11.4 Å². The number of para-hydroxylation sites is 2. The lowest BCUT2D eigenvalue weighted by Crippen LogP contribution is -2.73. The highest BCUT2D eigenvalue weighted by atomic mass is 32.1. The van der Waals surface area contributed by atoms with Crippen LogP contribution < -0.4 is 4.74 Å². The molecule has 0 amide bonds. The smallest absolute Gasteiger partial charge is 0.460 e. The van der Waals surface area contributed by atoms with E-state index in [-0.39, 0.29) is 0 Å². The highest BCUT2D eigenvalue weighted by Gasteiger charge is 2.93. The van der Waals surface area contributed by atoms with Gasteiger partial charge in [-0.1, -0.05) is 12.1 Å². The highest BCUT2D eigenvalue weighted by Crippen LogP contribution is 2.62. The molecule has 0 saturated heterocycles. The van der Waals surface area contributed by atoms with E-state index in [0.29, 0.717) is 6.07 Å².